The van der Waals surface area contributed by atoms with Crippen molar-refractivity contribution >= 4 is 11.9 Å². The lowest BCUT2D eigenvalue weighted by Crippen LogP contribution is -2.49. The van der Waals surface area contributed by atoms with Crippen LogP contribution in [0.5, 0.6) is 0 Å². The summed E-state index contributed by atoms with van der Waals surface area (Å²) in [6, 6.07) is -0.152. The lowest BCUT2D eigenvalue weighted by Gasteiger charge is -2.34. The van der Waals surface area contributed by atoms with Gasteiger partial charge in [0.15, 0.2) is 0 Å². The molecule has 1 aliphatic rings. The highest BCUT2D eigenvalue weighted by molar-refractivity contribution is 5.83. The van der Waals surface area contributed by atoms with Crippen LogP contribution in [0.4, 0.5) is 4.79 Å². The molecule has 0 radical (unpaired) electrons. The summed E-state index contributed by atoms with van der Waals surface area (Å²) in [6.07, 6.45) is 5.08. The molecule has 0 aromatic carbocycles. The lowest BCUT2D eigenvalue weighted by molar-refractivity contribution is -0.132. The molecule has 110 valence electrons. The molecule has 0 saturated heterocycles. The van der Waals surface area contributed by atoms with E-state index in [9.17, 15) is 9.59 Å². The van der Waals surface area contributed by atoms with E-state index in [2.05, 4.69) is 10.6 Å². The molecule has 0 aromatic heterocycles. The highest BCUT2D eigenvalue weighted by atomic mass is 16.2. The smallest absolute Gasteiger partial charge is 0.316 e. The molecule has 0 unspecified atom stereocenters. The molecule has 4 N–H and O–H groups in total. The summed E-state index contributed by atoms with van der Waals surface area (Å²) in [5.74, 6) is 0.0359. The lowest BCUT2D eigenvalue weighted by atomic mass is 9.73. The van der Waals surface area contributed by atoms with Gasteiger partial charge >= 0.3 is 6.03 Å². The van der Waals surface area contributed by atoms with E-state index in [0.29, 0.717) is 19.6 Å². The third-order valence-electron chi connectivity index (χ3n) is 3.78. The van der Waals surface area contributed by atoms with Gasteiger partial charge in [-0.2, -0.15) is 0 Å². The van der Waals surface area contributed by atoms with Crippen molar-refractivity contribution in [2.75, 3.05) is 33.7 Å². The number of rotatable bonds is 5. The molecular formula is C13H26N4O2. The molecule has 1 rings (SSSR count). The average molecular weight is 270 g/mol. The molecule has 0 aromatic rings. The molecule has 0 heterocycles. The molecule has 0 bridgehead atoms. The molecule has 6 heteroatoms. The van der Waals surface area contributed by atoms with Crippen molar-refractivity contribution in [3.05, 3.63) is 0 Å². The first-order chi connectivity index (χ1) is 9.02. The third-order valence-corrected chi connectivity index (χ3v) is 3.78. The van der Waals surface area contributed by atoms with Crippen molar-refractivity contribution in [3.63, 3.8) is 0 Å². The van der Waals surface area contributed by atoms with Gasteiger partial charge in [-0.25, -0.2) is 4.79 Å². The Bertz CT molecular complexity index is 312. The first-order valence-electron chi connectivity index (χ1n) is 6.95. The maximum Gasteiger partial charge on any atom is 0.316 e. The highest BCUT2D eigenvalue weighted by Gasteiger charge is 2.37. The number of carbonyl (C=O) groups excluding carboxylic acids is 2. The van der Waals surface area contributed by atoms with E-state index in [0.717, 1.165) is 25.7 Å². The molecule has 3 amide bonds. The fraction of sp³-hybridized carbons (Fsp3) is 0.846. The number of nitrogens with two attached hydrogens (primary N) is 1. The van der Waals surface area contributed by atoms with Crippen molar-refractivity contribution in [3.8, 4) is 0 Å². The van der Waals surface area contributed by atoms with Gasteiger partial charge < -0.3 is 21.3 Å². The average Bonchev–Trinajstić information content (AvgIpc) is 2.43. The molecule has 0 aliphatic heterocycles. The Labute approximate surface area is 115 Å². The SMILES string of the molecule is CN(C)C(=O)NCCNC(=O)C1(CN)CCCCC1. The van der Waals surface area contributed by atoms with E-state index in [1.165, 1.54) is 11.3 Å². The van der Waals surface area contributed by atoms with Gasteiger partial charge in [0.25, 0.3) is 0 Å². The summed E-state index contributed by atoms with van der Waals surface area (Å²) in [7, 11) is 3.36. The van der Waals surface area contributed by atoms with Crippen molar-refractivity contribution < 1.29 is 9.59 Å². The Kier molecular flexibility index (Phi) is 6.08. The minimum absolute atomic E-state index is 0.0359. The summed E-state index contributed by atoms with van der Waals surface area (Å²) in [6.45, 7) is 1.28. The Morgan fingerprint density at radius 1 is 1.11 bits per heavy atom. The highest BCUT2D eigenvalue weighted by Crippen LogP contribution is 2.35. The molecule has 1 aliphatic carbocycles. The van der Waals surface area contributed by atoms with E-state index < -0.39 is 0 Å². The Morgan fingerprint density at radius 3 is 2.21 bits per heavy atom. The van der Waals surface area contributed by atoms with Crippen molar-refractivity contribution in [1.29, 1.82) is 0 Å². The molecule has 0 atom stereocenters. The largest absolute Gasteiger partial charge is 0.354 e. The summed E-state index contributed by atoms with van der Waals surface area (Å²) in [5, 5.41) is 5.60. The summed E-state index contributed by atoms with van der Waals surface area (Å²) in [5.41, 5.74) is 5.41. The zero-order valence-corrected chi connectivity index (χ0v) is 12.0. The first kappa shape index (κ1) is 15.8. The Balaban J connectivity index is 2.31. The van der Waals surface area contributed by atoms with Gasteiger partial charge in [-0.3, -0.25) is 4.79 Å². The van der Waals surface area contributed by atoms with Crippen molar-refractivity contribution in [1.82, 2.24) is 15.5 Å². The predicted octanol–water partition coefficient (Wildman–Crippen LogP) is 0.283. The summed E-state index contributed by atoms with van der Waals surface area (Å²) >= 11 is 0. The predicted molar refractivity (Wildman–Crippen MR) is 74.7 cm³/mol. The zero-order valence-electron chi connectivity index (χ0n) is 12.0. The number of urea groups is 1. The van der Waals surface area contributed by atoms with E-state index in [-0.39, 0.29) is 17.4 Å². The van der Waals surface area contributed by atoms with Gasteiger partial charge in [-0.05, 0) is 12.8 Å². The summed E-state index contributed by atoms with van der Waals surface area (Å²) < 4.78 is 0. The molecule has 6 nitrogen and oxygen atoms in total. The van der Waals surface area contributed by atoms with Crippen LogP contribution in [0.25, 0.3) is 0 Å². The third kappa shape index (κ3) is 4.38. The van der Waals surface area contributed by atoms with Gasteiger partial charge in [0, 0.05) is 33.7 Å². The maximum absolute atomic E-state index is 12.2. The summed E-state index contributed by atoms with van der Waals surface area (Å²) in [4.78, 5) is 25.0. The Morgan fingerprint density at radius 2 is 1.68 bits per heavy atom. The second-order valence-electron chi connectivity index (χ2n) is 5.43. The molecule has 0 spiro atoms. The van der Waals surface area contributed by atoms with Crippen LogP contribution >= 0.6 is 0 Å². The van der Waals surface area contributed by atoms with Crippen LogP contribution in [0.15, 0.2) is 0 Å². The monoisotopic (exact) mass is 270 g/mol. The molecule has 1 saturated carbocycles. The number of carbonyl (C=O) groups is 2. The van der Waals surface area contributed by atoms with Gasteiger partial charge in [0.2, 0.25) is 5.91 Å². The van der Waals surface area contributed by atoms with Crippen LogP contribution in [-0.4, -0.2) is 50.6 Å². The molecular weight excluding hydrogens is 244 g/mol. The zero-order chi connectivity index (χ0) is 14.3. The van der Waals surface area contributed by atoms with E-state index in [1.54, 1.807) is 14.1 Å². The number of amides is 3. The second kappa shape index (κ2) is 7.33. The second-order valence-corrected chi connectivity index (χ2v) is 5.43. The van der Waals surface area contributed by atoms with Crippen LogP contribution in [0.2, 0.25) is 0 Å². The fourth-order valence-corrected chi connectivity index (χ4v) is 2.44. The fourth-order valence-electron chi connectivity index (χ4n) is 2.44. The topological polar surface area (TPSA) is 87.5 Å². The maximum atomic E-state index is 12.2. The van der Waals surface area contributed by atoms with Crippen LogP contribution in [0.1, 0.15) is 32.1 Å². The van der Waals surface area contributed by atoms with Crippen LogP contribution in [0, 0.1) is 5.41 Å². The van der Waals surface area contributed by atoms with Crippen molar-refractivity contribution in [2.24, 2.45) is 11.1 Å². The molecule has 1 fully saturated rings. The van der Waals surface area contributed by atoms with Crippen LogP contribution in [-0.2, 0) is 4.79 Å². The van der Waals surface area contributed by atoms with Gasteiger partial charge in [-0.1, -0.05) is 19.3 Å². The van der Waals surface area contributed by atoms with E-state index >= 15 is 0 Å². The first-order valence-corrected chi connectivity index (χ1v) is 6.95. The quantitative estimate of drug-likeness (QED) is 0.627. The number of hydrogen-bond acceptors (Lipinski definition) is 3. The van der Waals surface area contributed by atoms with Crippen LogP contribution < -0.4 is 16.4 Å². The van der Waals surface area contributed by atoms with Crippen LogP contribution in [0.3, 0.4) is 0 Å². The molecule has 19 heavy (non-hydrogen) atoms. The Hall–Kier alpha value is -1.30. The standard InChI is InChI=1S/C13H26N4O2/c1-17(2)12(19)16-9-8-15-11(18)13(10-14)6-4-3-5-7-13/h3-10,14H2,1-2H3,(H,15,18)(H,16,19). The van der Waals surface area contributed by atoms with Crippen molar-refractivity contribution in [2.45, 2.75) is 32.1 Å². The van der Waals surface area contributed by atoms with E-state index in [4.69, 9.17) is 5.73 Å². The minimum atomic E-state index is -0.385. The van der Waals surface area contributed by atoms with Gasteiger partial charge in [-0.15, -0.1) is 0 Å². The normalized spacial score (nSPS) is 17.6. The number of nitrogens with zero attached hydrogens (tertiary/aromatic N) is 1. The number of nitrogens with one attached hydrogen (secondary N) is 2. The van der Waals surface area contributed by atoms with Gasteiger partial charge in [0.05, 0.1) is 5.41 Å². The number of hydrogen-bond donors (Lipinski definition) is 3. The van der Waals surface area contributed by atoms with E-state index in [1.807, 2.05) is 0 Å². The minimum Gasteiger partial charge on any atom is -0.354 e. The van der Waals surface area contributed by atoms with Gasteiger partial charge in [0.1, 0.15) is 0 Å².